The molecule has 0 aromatic heterocycles. The van der Waals surface area contributed by atoms with Crippen molar-refractivity contribution in [2.75, 3.05) is 0 Å². The van der Waals surface area contributed by atoms with Crippen LogP contribution in [0, 0.1) is 0 Å². The Balaban J connectivity index is 2.65. The van der Waals surface area contributed by atoms with Gasteiger partial charge in [-0.05, 0) is 23.6 Å². The van der Waals surface area contributed by atoms with Crippen LogP contribution in [0.2, 0.25) is 0 Å². The molecule has 2 rings (SSSR count). The molecule has 1 aromatic rings. The Morgan fingerprint density at radius 2 is 1.83 bits per heavy atom. The SMILES string of the molecule is O=S(=O)(c1ccc(CCC(O)O)c2c1C(O)C(F)(F)C2)C(F)(F)F. The van der Waals surface area contributed by atoms with E-state index in [0.29, 0.717) is 6.07 Å². The standard InChI is InChI=1S/C13H13F5O5S/c14-12(15)5-7-6(2-4-9(19)20)1-3-8(10(7)11(12)21)24(22,23)13(16,17)18/h1,3,9,11,19-21H,2,4-5H2. The maximum Gasteiger partial charge on any atom is 0.501 e. The van der Waals surface area contributed by atoms with Gasteiger partial charge in [-0.25, -0.2) is 17.2 Å². The molecule has 136 valence electrons. The Bertz CT molecular complexity index is 742. The lowest BCUT2D eigenvalue weighted by Gasteiger charge is -2.17. The summed E-state index contributed by atoms with van der Waals surface area (Å²) in [4.78, 5) is -1.41. The second-order valence-corrected chi connectivity index (χ2v) is 7.33. The summed E-state index contributed by atoms with van der Waals surface area (Å²) in [6.45, 7) is 0. The lowest BCUT2D eigenvalue weighted by molar-refractivity contribution is -0.0978. The van der Waals surface area contributed by atoms with Crippen LogP contribution in [0.3, 0.4) is 0 Å². The van der Waals surface area contributed by atoms with E-state index < -0.39 is 56.1 Å². The van der Waals surface area contributed by atoms with Crippen LogP contribution in [0.25, 0.3) is 0 Å². The molecular weight excluding hydrogens is 363 g/mol. The fourth-order valence-electron chi connectivity index (χ4n) is 2.62. The largest absolute Gasteiger partial charge is 0.501 e. The number of aliphatic hydroxyl groups is 3. The van der Waals surface area contributed by atoms with Crippen molar-refractivity contribution in [3.05, 3.63) is 28.8 Å². The van der Waals surface area contributed by atoms with Crippen LogP contribution < -0.4 is 0 Å². The highest BCUT2D eigenvalue weighted by atomic mass is 32.2. The molecule has 0 fully saturated rings. The van der Waals surface area contributed by atoms with Gasteiger partial charge in [0.05, 0.1) is 4.90 Å². The summed E-state index contributed by atoms with van der Waals surface area (Å²) in [5, 5.41) is 27.3. The van der Waals surface area contributed by atoms with Gasteiger partial charge < -0.3 is 15.3 Å². The third-order valence-corrected chi connectivity index (χ3v) is 5.31. The molecule has 0 spiro atoms. The van der Waals surface area contributed by atoms with Crippen molar-refractivity contribution in [3.63, 3.8) is 0 Å². The Morgan fingerprint density at radius 1 is 1.25 bits per heavy atom. The first kappa shape index (κ1) is 19.0. The van der Waals surface area contributed by atoms with E-state index in [9.17, 15) is 35.5 Å². The van der Waals surface area contributed by atoms with E-state index >= 15 is 0 Å². The number of rotatable bonds is 4. The smallest absolute Gasteiger partial charge is 0.382 e. The number of fused-ring (bicyclic) bond motifs is 1. The van der Waals surface area contributed by atoms with Gasteiger partial charge in [-0.2, -0.15) is 13.2 Å². The molecule has 0 saturated heterocycles. The van der Waals surface area contributed by atoms with Crippen LogP contribution >= 0.6 is 0 Å². The highest BCUT2D eigenvalue weighted by Gasteiger charge is 2.54. The Labute approximate surface area is 133 Å². The Hall–Kier alpha value is -1.30. The van der Waals surface area contributed by atoms with Crippen LogP contribution in [0.1, 0.15) is 29.2 Å². The molecule has 3 N–H and O–H groups in total. The van der Waals surface area contributed by atoms with Crippen molar-refractivity contribution in [2.45, 2.75) is 48.0 Å². The average Bonchev–Trinajstić information content (AvgIpc) is 2.66. The minimum atomic E-state index is -5.92. The fraction of sp³-hybridized carbons (Fsp3) is 0.538. The summed E-state index contributed by atoms with van der Waals surface area (Å²) in [6.07, 6.45) is -6.08. The van der Waals surface area contributed by atoms with Gasteiger partial charge in [0, 0.05) is 18.4 Å². The summed E-state index contributed by atoms with van der Waals surface area (Å²) in [7, 11) is -5.92. The van der Waals surface area contributed by atoms with Gasteiger partial charge in [0.2, 0.25) is 0 Å². The Kier molecular flexibility index (Phi) is 4.68. The van der Waals surface area contributed by atoms with Gasteiger partial charge >= 0.3 is 5.51 Å². The van der Waals surface area contributed by atoms with Gasteiger partial charge in [-0.3, -0.25) is 0 Å². The second-order valence-electron chi connectivity index (χ2n) is 5.42. The maximum absolute atomic E-state index is 13.7. The summed E-state index contributed by atoms with van der Waals surface area (Å²) in [5.74, 6) is -3.83. The van der Waals surface area contributed by atoms with Crippen molar-refractivity contribution in [1.29, 1.82) is 0 Å². The zero-order valence-corrected chi connectivity index (χ0v) is 12.7. The lowest BCUT2D eigenvalue weighted by atomic mass is 9.99. The van der Waals surface area contributed by atoms with E-state index in [-0.39, 0.29) is 18.4 Å². The minimum absolute atomic E-state index is 0.0236. The highest BCUT2D eigenvalue weighted by molar-refractivity contribution is 7.92. The van der Waals surface area contributed by atoms with Crippen molar-refractivity contribution in [2.24, 2.45) is 0 Å². The van der Waals surface area contributed by atoms with Crippen molar-refractivity contribution >= 4 is 9.84 Å². The second kappa shape index (κ2) is 5.90. The fourth-order valence-corrected chi connectivity index (χ4v) is 3.64. The molecule has 0 heterocycles. The number of hydrogen-bond acceptors (Lipinski definition) is 5. The molecule has 1 unspecified atom stereocenters. The minimum Gasteiger partial charge on any atom is -0.382 e. The number of aliphatic hydroxyl groups excluding tert-OH is 2. The molecule has 5 nitrogen and oxygen atoms in total. The van der Waals surface area contributed by atoms with E-state index in [0.717, 1.165) is 6.07 Å². The van der Waals surface area contributed by atoms with Gasteiger partial charge in [0.25, 0.3) is 15.8 Å². The van der Waals surface area contributed by atoms with E-state index in [1.54, 1.807) is 0 Å². The topological polar surface area (TPSA) is 94.8 Å². The van der Waals surface area contributed by atoms with Crippen molar-refractivity contribution in [1.82, 2.24) is 0 Å². The molecule has 0 bridgehead atoms. The molecule has 1 aromatic carbocycles. The van der Waals surface area contributed by atoms with E-state index in [1.807, 2.05) is 0 Å². The maximum atomic E-state index is 13.7. The molecule has 1 atom stereocenters. The number of halogens is 5. The average molecular weight is 376 g/mol. The lowest BCUT2D eigenvalue weighted by Crippen LogP contribution is -2.26. The zero-order valence-electron chi connectivity index (χ0n) is 11.9. The summed E-state index contributed by atoms with van der Waals surface area (Å²) >= 11 is 0. The van der Waals surface area contributed by atoms with E-state index in [1.165, 1.54) is 0 Å². The predicted molar refractivity (Wildman–Crippen MR) is 69.8 cm³/mol. The molecule has 11 heteroatoms. The number of hydrogen-bond donors (Lipinski definition) is 3. The first-order valence-corrected chi connectivity index (χ1v) is 8.15. The van der Waals surface area contributed by atoms with Crippen LogP contribution in [-0.4, -0.2) is 41.5 Å². The Morgan fingerprint density at radius 3 is 2.33 bits per heavy atom. The van der Waals surface area contributed by atoms with Gasteiger partial charge in [-0.15, -0.1) is 0 Å². The van der Waals surface area contributed by atoms with Crippen LogP contribution in [-0.2, 0) is 22.7 Å². The monoisotopic (exact) mass is 376 g/mol. The molecule has 1 aliphatic rings. The summed E-state index contributed by atoms with van der Waals surface area (Å²) in [5.41, 5.74) is -7.09. The first-order valence-electron chi connectivity index (χ1n) is 6.67. The molecular formula is C13H13F5O5S. The first-order chi connectivity index (χ1) is 10.8. The molecule has 0 aliphatic heterocycles. The van der Waals surface area contributed by atoms with E-state index in [2.05, 4.69) is 0 Å². The van der Waals surface area contributed by atoms with Gasteiger partial charge in [0.15, 0.2) is 6.29 Å². The van der Waals surface area contributed by atoms with E-state index in [4.69, 9.17) is 10.2 Å². The third-order valence-electron chi connectivity index (χ3n) is 3.77. The quantitative estimate of drug-likeness (QED) is 0.546. The molecule has 0 amide bonds. The molecule has 0 radical (unpaired) electrons. The summed E-state index contributed by atoms with van der Waals surface area (Å²) < 4.78 is 88.9. The normalized spacial score (nSPS) is 20.5. The number of alkyl halides is 5. The summed E-state index contributed by atoms with van der Waals surface area (Å²) in [6, 6.07) is 1.42. The number of sulfone groups is 1. The van der Waals surface area contributed by atoms with Gasteiger partial charge in [0.1, 0.15) is 6.10 Å². The predicted octanol–water partition coefficient (Wildman–Crippen LogP) is 1.45. The van der Waals surface area contributed by atoms with Crippen molar-refractivity contribution < 1.29 is 45.7 Å². The molecule has 0 saturated carbocycles. The molecule has 24 heavy (non-hydrogen) atoms. The highest BCUT2D eigenvalue weighted by Crippen LogP contribution is 2.48. The van der Waals surface area contributed by atoms with Crippen LogP contribution in [0.15, 0.2) is 17.0 Å². The molecule has 1 aliphatic carbocycles. The van der Waals surface area contributed by atoms with Crippen LogP contribution in [0.5, 0.6) is 0 Å². The van der Waals surface area contributed by atoms with Crippen LogP contribution in [0.4, 0.5) is 22.0 Å². The zero-order chi connectivity index (χ0) is 18.5. The number of aryl methyl sites for hydroxylation is 1. The third kappa shape index (κ3) is 3.13. The number of benzene rings is 1. The van der Waals surface area contributed by atoms with Crippen molar-refractivity contribution in [3.8, 4) is 0 Å². The van der Waals surface area contributed by atoms with Gasteiger partial charge in [-0.1, -0.05) is 6.07 Å².